The SMILES string of the molecule is CC(F)=N/C(C)=C(\C)O. The maximum Gasteiger partial charge on any atom is 0.186 e. The summed E-state index contributed by atoms with van der Waals surface area (Å²) in [6, 6.07) is 0. The zero-order valence-electron chi connectivity index (χ0n) is 5.77. The summed E-state index contributed by atoms with van der Waals surface area (Å²) >= 11 is 0. The highest BCUT2D eigenvalue weighted by Crippen LogP contribution is 2.01. The summed E-state index contributed by atoms with van der Waals surface area (Å²) in [5, 5.41) is 8.68. The van der Waals surface area contributed by atoms with Crippen LogP contribution in [0.1, 0.15) is 20.8 Å². The van der Waals surface area contributed by atoms with E-state index >= 15 is 0 Å². The summed E-state index contributed by atoms with van der Waals surface area (Å²) in [6.45, 7) is 4.23. The Morgan fingerprint density at radius 2 is 1.78 bits per heavy atom. The van der Waals surface area contributed by atoms with Gasteiger partial charge < -0.3 is 5.11 Å². The van der Waals surface area contributed by atoms with Gasteiger partial charge in [-0.05, 0) is 13.8 Å². The van der Waals surface area contributed by atoms with Crippen LogP contribution in [-0.2, 0) is 0 Å². The van der Waals surface area contributed by atoms with Crippen LogP contribution < -0.4 is 0 Å². The lowest BCUT2D eigenvalue weighted by Crippen LogP contribution is -1.82. The topological polar surface area (TPSA) is 32.6 Å². The summed E-state index contributed by atoms with van der Waals surface area (Å²) < 4.78 is 11.9. The minimum atomic E-state index is -0.541. The van der Waals surface area contributed by atoms with Crippen LogP contribution in [0, 0.1) is 0 Å². The van der Waals surface area contributed by atoms with Crippen LogP contribution in [0.4, 0.5) is 4.39 Å². The quantitative estimate of drug-likeness (QED) is 0.429. The first-order valence-corrected chi connectivity index (χ1v) is 2.61. The normalized spacial score (nSPS) is 15.3. The number of hydrogen-bond acceptors (Lipinski definition) is 2. The molecule has 0 radical (unpaired) electrons. The molecule has 0 heterocycles. The fourth-order valence-corrected chi connectivity index (χ4v) is 0.312. The van der Waals surface area contributed by atoms with E-state index in [2.05, 4.69) is 4.99 Å². The van der Waals surface area contributed by atoms with Gasteiger partial charge in [-0.15, -0.1) is 0 Å². The number of aliphatic imine (C=N–C) groups is 1. The second-order valence-corrected chi connectivity index (χ2v) is 1.78. The molecule has 0 saturated heterocycles. The van der Waals surface area contributed by atoms with E-state index in [0.717, 1.165) is 0 Å². The zero-order chi connectivity index (χ0) is 7.44. The summed E-state index contributed by atoms with van der Waals surface area (Å²) in [5.74, 6) is -0.493. The van der Waals surface area contributed by atoms with Gasteiger partial charge in [-0.25, -0.2) is 4.99 Å². The van der Waals surface area contributed by atoms with Gasteiger partial charge >= 0.3 is 0 Å². The van der Waals surface area contributed by atoms with Gasteiger partial charge in [0.2, 0.25) is 0 Å². The molecule has 2 nitrogen and oxygen atoms in total. The van der Waals surface area contributed by atoms with Gasteiger partial charge in [-0.2, -0.15) is 4.39 Å². The van der Waals surface area contributed by atoms with Crippen molar-refractivity contribution >= 4 is 5.97 Å². The minimum Gasteiger partial charge on any atom is -0.511 e. The fourth-order valence-electron chi connectivity index (χ4n) is 0.312. The number of aliphatic hydroxyl groups is 1. The van der Waals surface area contributed by atoms with Crippen molar-refractivity contribution in [3.05, 3.63) is 11.5 Å². The van der Waals surface area contributed by atoms with Gasteiger partial charge in [-0.3, -0.25) is 0 Å². The Morgan fingerprint density at radius 3 is 1.89 bits per heavy atom. The van der Waals surface area contributed by atoms with Crippen molar-refractivity contribution in [2.45, 2.75) is 20.8 Å². The van der Waals surface area contributed by atoms with Gasteiger partial charge in [-0.1, -0.05) is 0 Å². The van der Waals surface area contributed by atoms with E-state index in [1.54, 1.807) is 6.92 Å². The highest BCUT2D eigenvalue weighted by molar-refractivity contribution is 5.72. The number of aliphatic hydroxyl groups excluding tert-OH is 1. The van der Waals surface area contributed by atoms with Crippen LogP contribution in [-0.4, -0.2) is 11.1 Å². The lowest BCUT2D eigenvalue weighted by molar-refractivity contribution is 0.406. The molecule has 0 aromatic carbocycles. The van der Waals surface area contributed by atoms with Crippen molar-refractivity contribution in [3.8, 4) is 0 Å². The Labute approximate surface area is 53.7 Å². The molecular formula is C6H10FNO. The van der Waals surface area contributed by atoms with Gasteiger partial charge in [0.25, 0.3) is 0 Å². The molecule has 0 unspecified atom stereocenters. The first-order chi connectivity index (χ1) is 4.04. The third-order valence-corrected chi connectivity index (χ3v) is 0.845. The average molecular weight is 131 g/mol. The van der Waals surface area contributed by atoms with Crippen LogP contribution >= 0.6 is 0 Å². The Balaban J connectivity index is 4.25. The number of halogens is 1. The van der Waals surface area contributed by atoms with E-state index in [0.29, 0.717) is 5.70 Å². The minimum absolute atomic E-state index is 0.0481. The highest BCUT2D eigenvalue weighted by atomic mass is 19.1. The maximum absolute atomic E-state index is 11.9. The molecule has 0 aliphatic carbocycles. The predicted octanol–water partition coefficient (Wildman–Crippen LogP) is 2.18. The fraction of sp³-hybridized carbons (Fsp3) is 0.500. The molecule has 0 amide bonds. The number of rotatable bonds is 1. The second-order valence-electron chi connectivity index (χ2n) is 1.78. The van der Waals surface area contributed by atoms with Gasteiger partial charge in [0.05, 0.1) is 5.70 Å². The largest absolute Gasteiger partial charge is 0.511 e. The number of hydrogen-bond donors (Lipinski definition) is 1. The molecule has 0 aliphatic heterocycles. The summed E-state index contributed by atoms with van der Waals surface area (Å²) in [6.07, 6.45) is 0. The van der Waals surface area contributed by atoms with Crippen molar-refractivity contribution < 1.29 is 9.50 Å². The van der Waals surface area contributed by atoms with Crippen LogP contribution in [0.5, 0.6) is 0 Å². The second kappa shape index (κ2) is 3.22. The summed E-state index contributed by atoms with van der Waals surface area (Å²) in [5.41, 5.74) is 0.315. The molecule has 0 spiro atoms. The highest BCUT2D eigenvalue weighted by Gasteiger charge is 1.90. The number of allylic oxidation sites excluding steroid dienone is 2. The molecule has 0 aromatic rings. The first kappa shape index (κ1) is 8.14. The van der Waals surface area contributed by atoms with Crippen LogP contribution in [0.25, 0.3) is 0 Å². The van der Waals surface area contributed by atoms with Crippen molar-refractivity contribution in [2.75, 3.05) is 0 Å². The summed E-state index contributed by atoms with van der Waals surface area (Å²) in [7, 11) is 0. The average Bonchev–Trinajstić information content (AvgIpc) is 1.63. The summed E-state index contributed by atoms with van der Waals surface area (Å²) in [4.78, 5) is 3.36. The Morgan fingerprint density at radius 1 is 1.33 bits per heavy atom. The van der Waals surface area contributed by atoms with Crippen molar-refractivity contribution in [2.24, 2.45) is 4.99 Å². The monoisotopic (exact) mass is 131 g/mol. The lowest BCUT2D eigenvalue weighted by Gasteiger charge is -1.92. The molecular weight excluding hydrogens is 121 g/mol. The van der Waals surface area contributed by atoms with Crippen LogP contribution in [0.3, 0.4) is 0 Å². The maximum atomic E-state index is 11.9. The van der Waals surface area contributed by atoms with Gasteiger partial charge in [0, 0.05) is 6.92 Å². The molecule has 1 N–H and O–H groups in total. The third-order valence-electron chi connectivity index (χ3n) is 0.845. The van der Waals surface area contributed by atoms with E-state index in [1.807, 2.05) is 0 Å². The molecule has 0 saturated carbocycles. The van der Waals surface area contributed by atoms with E-state index in [-0.39, 0.29) is 5.76 Å². The van der Waals surface area contributed by atoms with E-state index in [4.69, 9.17) is 5.11 Å². The van der Waals surface area contributed by atoms with Gasteiger partial charge in [0.1, 0.15) is 5.76 Å². The van der Waals surface area contributed by atoms with Crippen LogP contribution in [0.2, 0.25) is 0 Å². The van der Waals surface area contributed by atoms with Crippen molar-refractivity contribution in [1.29, 1.82) is 0 Å². The van der Waals surface area contributed by atoms with E-state index in [1.165, 1.54) is 13.8 Å². The Kier molecular flexibility index (Phi) is 2.91. The standard InChI is InChI=1S/C6H10FNO/c1-4(5(2)9)8-6(3)7/h9H,1-3H3/b5-4+,8-6?. The van der Waals surface area contributed by atoms with Crippen molar-refractivity contribution in [3.63, 3.8) is 0 Å². The Bertz CT molecular complexity index is 152. The Hall–Kier alpha value is -0.860. The molecule has 0 aromatic heterocycles. The zero-order valence-corrected chi connectivity index (χ0v) is 5.77. The molecule has 9 heavy (non-hydrogen) atoms. The number of nitrogens with zero attached hydrogens (tertiary/aromatic N) is 1. The van der Waals surface area contributed by atoms with E-state index < -0.39 is 5.97 Å². The lowest BCUT2D eigenvalue weighted by atomic mass is 10.4. The van der Waals surface area contributed by atoms with Gasteiger partial charge in [0.15, 0.2) is 5.97 Å². The van der Waals surface area contributed by atoms with Crippen LogP contribution in [0.15, 0.2) is 16.4 Å². The molecule has 0 fully saturated rings. The molecule has 0 rings (SSSR count). The smallest absolute Gasteiger partial charge is 0.186 e. The first-order valence-electron chi connectivity index (χ1n) is 2.61. The molecule has 0 bridgehead atoms. The van der Waals surface area contributed by atoms with E-state index in [9.17, 15) is 4.39 Å². The van der Waals surface area contributed by atoms with Crippen molar-refractivity contribution in [1.82, 2.24) is 0 Å². The molecule has 0 aliphatic rings. The molecule has 3 heteroatoms. The predicted molar refractivity (Wildman–Crippen MR) is 35.2 cm³/mol. The molecule has 52 valence electrons. The molecule has 0 atom stereocenters. The third kappa shape index (κ3) is 3.70.